The van der Waals surface area contributed by atoms with E-state index in [1.165, 1.54) is 6.07 Å². The van der Waals surface area contributed by atoms with E-state index < -0.39 is 23.5 Å². The van der Waals surface area contributed by atoms with Crippen LogP contribution in [0.2, 0.25) is 0 Å². The topological polar surface area (TPSA) is 41.5 Å². The van der Waals surface area contributed by atoms with Crippen molar-refractivity contribution in [1.29, 1.82) is 0 Å². The highest BCUT2D eigenvalue weighted by Gasteiger charge is 2.37. The number of benzene rings is 1. The van der Waals surface area contributed by atoms with Gasteiger partial charge >= 0.3 is 6.18 Å². The van der Waals surface area contributed by atoms with Crippen molar-refractivity contribution in [3.63, 3.8) is 0 Å². The normalized spacial score (nSPS) is 21.0. The molecule has 1 aliphatic rings. The summed E-state index contributed by atoms with van der Waals surface area (Å²) in [4.78, 5) is 0. The molecule has 0 unspecified atom stereocenters. The van der Waals surface area contributed by atoms with Crippen molar-refractivity contribution in [3.05, 3.63) is 27.7 Å². The third-order valence-corrected chi connectivity index (χ3v) is 3.38. The van der Waals surface area contributed by atoms with Crippen LogP contribution in [0.1, 0.15) is 17.2 Å². The van der Waals surface area contributed by atoms with Gasteiger partial charge in [0, 0.05) is 12.1 Å². The fourth-order valence-electron chi connectivity index (χ4n) is 1.93. The molecule has 1 aromatic carbocycles. The lowest BCUT2D eigenvalue weighted by atomic mass is 9.98. The maximum absolute atomic E-state index is 12.9. The Morgan fingerprint density at radius 1 is 1.39 bits per heavy atom. The third kappa shape index (κ3) is 2.62. The van der Waals surface area contributed by atoms with Gasteiger partial charge in [0.25, 0.3) is 0 Å². The minimum atomic E-state index is -4.51. The number of hydrogen-bond acceptors (Lipinski definition) is 3. The molecule has 3 nitrogen and oxygen atoms in total. The first kappa shape index (κ1) is 13.6. The van der Waals surface area contributed by atoms with E-state index in [0.717, 1.165) is 6.07 Å². The van der Waals surface area contributed by atoms with Crippen LogP contribution in [0.25, 0.3) is 0 Å². The number of alkyl halides is 3. The number of hydrogen-bond donors (Lipinski definition) is 2. The molecule has 0 bridgehead atoms. The SMILES string of the molecule is Oc1c(Br)ccc(C(F)(F)F)c1[C@@H]1COCCN1. The van der Waals surface area contributed by atoms with E-state index in [-0.39, 0.29) is 16.6 Å². The number of phenolic OH excluding ortho intramolecular Hbond substituents is 1. The molecular weight excluding hydrogens is 315 g/mol. The highest BCUT2D eigenvalue weighted by atomic mass is 79.9. The molecule has 1 aliphatic heterocycles. The van der Waals surface area contributed by atoms with Crippen LogP contribution in [0.5, 0.6) is 5.75 Å². The molecule has 0 amide bonds. The zero-order chi connectivity index (χ0) is 13.3. The Morgan fingerprint density at radius 2 is 2.11 bits per heavy atom. The summed E-state index contributed by atoms with van der Waals surface area (Å²) in [6.45, 7) is 1.01. The minimum absolute atomic E-state index is 0.104. The summed E-state index contributed by atoms with van der Waals surface area (Å²) in [6, 6.07) is 1.48. The Labute approximate surface area is 110 Å². The van der Waals surface area contributed by atoms with Crippen LogP contribution in [0.15, 0.2) is 16.6 Å². The molecule has 7 heteroatoms. The monoisotopic (exact) mass is 325 g/mol. The maximum Gasteiger partial charge on any atom is 0.416 e. The Bertz CT molecular complexity index is 445. The van der Waals surface area contributed by atoms with Gasteiger partial charge in [0.15, 0.2) is 0 Å². The van der Waals surface area contributed by atoms with Gasteiger partial charge in [-0.25, -0.2) is 0 Å². The quantitative estimate of drug-likeness (QED) is 0.834. The van der Waals surface area contributed by atoms with E-state index in [1.54, 1.807) is 0 Å². The van der Waals surface area contributed by atoms with Gasteiger partial charge in [-0.2, -0.15) is 13.2 Å². The summed E-state index contributed by atoms with van der Waals surface area (Å²) in [5, 5.41) is 12.8. The minimum Gasteiger partial charge on any atom is -0.506 e. The average molecular weight is 326 g/mol. The number of rotatable bonds is 1. The number of halogens is 4. The standard InChI is InChI=1S/C11H11BrF3NO2/c12-7-2-1-6(11(13,14)15)9(10(7)17)8-5-18-4-3-16-8/h1-2,8,16-17H,3-5H2/t8-/m0/s1. The van der Waals surface area contributed by atoms with E-state index in [4.69, 9.17) is 4.74 Å². The Balaban J connectivity index is 2.50. The second-order valence-corrected chi connectivity index (χ2v) is 4.79. The number of phenols is 1. The summed E-state index contributed by atoms with van der Waals surface area (Å²) in [6.07, 6.45) is -4.51. The molecule has 0 aliphatic carbocycles. The lowest BCUT2D eigenvalue weighted by molar-refractivity contribution is -0.138. The average Bonchev–Trinajstić information content (AvgIpc) is 2.32. The Morgan fingerprint density at radius 3 is 2.67 bits per heavy atom. The van der Waals surface area contributed by atoms with Crippen molar-refractivity contribution in [2.75, 3.05) is 19.8 Å². The largest absolute Gasteiger partial charge is 0.506 e. The molecule has 1 saturated heterocycles. The molecule has 0 radical (unpaired) electrons. The van der Waals surface area contributed by atoms with Gasteiger partial charge in [0.05, 0.1) is 29.3 Å². The van der Waals surface area contributed by atoms with Crippen LogP contribution in [-0.4, -0.2) is 24.9 Å². The van der Waals surface area contributed by atoms with Crippen molar-refractivity contribution in [2.24, 2.45) is 0 Å². The summed E-state index contributed by atoms with van der Waals surface area (Å²) in [7, 11) is 0. The van der Waals surface area contributed by atoms with Crippen LogP contribution >= 0.6 is 15.9 Å². The lowest BCUT2D eigenvalue weighted by Gasteiger charge is -2.27. The fraction of sp³-hybridized carbons (Fsp3) is 0.455. The van der Waals surface area contributed by atoms with E-state index in [9.17, 15) is 18.3 Å². The molecule has 2 rings (SSSR count). The summed E-state index contributed by atoms with van der Waals surface area (Å²) >= 11 is 3.03. The first-order chi connectivity index (χ1) is 8.41. The third-order valence-electron chi connectivity index (χ3n) is 2.74. The van der Waals surface area contributed by atoms with Crippen molar-refractivity contribution < 1.29 is 23.0 Å². The van der Waals surface area contributed by atoms with Crippen molar-refractivity contribution >= 4 is 15.9 Å². The highest BCUT2D eigenvalue weighted by molar-refractivity contribution is 9.10. The summed E-state index contributed by atoms with van der Waals surface area (Å²) < 4.78 is 44.1. The van der Waals surface area contributed by atoms with Crippen LogP contribution in [-0.2, 0) is 10.9 Å². The van der Waals surface area contributed by atoms with E-state index in [0.29, 0.717) is 13.2 Å². The molecule has 0 saturated carbocycles. The Kier molecular flexibility index (Phi) is 3.84. The van der Waals surface area contributed by atoms with Crippen LogP contribution in [0, 0.1) is 0 Å². The molecule has 0 aromatic heterocycles. The van der Waals surface area contributed by atoms with Gasteiger partial charge in [-0.05, 0) is 28.1 Å². The van der Waals surface area contributed by atoms with Gasteiger partial charge < -0.3 is 15.2 Å². The molecule has 0 spiro atoms. The number of morpholine rings is 1. The lowest BCUT2D eigenvalue weighted by Crippen LogP contribution is -2.35. The van der Waals surface area contributed by atoms with Crippen LogP contribution in [0.3, 0.4) is 0 Å². The predicted molar refractivity (Wildman–Crippen MR) is 62.4 cm³/mol. The van der Waals surface area contributed by atoms with E-state index in [2.05, 4.69) is 21.2 Å². The maximum atomic E-state index is 12.9. The van der Waals surface area contributed by atoms with Crippen LogP contribution in [0.4, 0.5) is 13.2 Å². The zero-order valence-electron chi connectivity index (χ0n) is 9.22. The molecule has 1 heterocycles. The van der Waals surface area contributed by atoms with Gasteiger partial charge in [-0.15, -0.1) is 0 Å². The molecule has 100 valence electrons. The first-order valence-corrected chi connectivity index (χ1v) is 6.10. The van der Waals surface area contributed by atoms with Gasteiger partial charge in [-0.1, -0.05) is 0 Å². The van der Waals surface area contributed by atoms with Gasteiger partial charge in [0.1, 0.15) is 5.75 Å². The summed E-state index contributed by atoms with van der Waals surface area (Å²) in [5.41, 5.74) is -1.01. The number of ether oxygens (including phenoxy) is 1. The van der Waals surface area contributed by atoms with Crippen molar-refractivity contribution in [1.82, 2.24) is 5.32 Å². The van der Waals surface area contributed by atoms with E-state index in [1.807, 2.05) is 0 Å². The molecular formula is C11H11BrF3NO2. The van der Waals surface area contributed by atoms with Gasteiger partial charge in [-0.3, -0.25) is 0 Å². The number of nitrogens with one attached hydrogen (secondary N) is 1. The van der Waals surface area contributed by atoms with Gasteiger partial charge in [0.2, 0.25) is 0 Å². The molecule has 1 aromatic rings. The predicted octanol–water partition coefficient (Wildman–Crippen LogP) is 2.83. The molecule has 2 N–H and O–H groups in total. The van der Waals surface area contributed by atoms with Crippen molar-refractivity contribution in [3.8, 4) is 5.75 Å². The second kappa shape index (κ2) is 5.07. The fourth-order valence-corrected chi connectivity index (χ4v) is 2.28. The highest BCUT2D eigenvalue weighted by Crippen LogP contribution is 2.42. The zero-order valence-corrected chi connectivity index (χ0v) is 10.8. The molecule has 18 heavy (non-hydrogen) atoms. The van der Waals surface area contributed by atoms with Crippen LogP contribution < -0.4 is 5.32 Å². The molecule has 1 atom stereocenters. The van der Waals surface area contributed by atoms with Crippen molar-refractivity contribution in [2.45, 2.75) is 12.2 Å². The van der Waals surface area contributed by atoms with E-state index >= 15 is 0 Å². The first-order valence-electron chi connectivity index (χ1n) is 5.31. The number of aromatic hydroxyl groups is 1. The smallest absolute Gasteiger partial charge is 0.416 e. The summed E-state index contributed by atoms with van der Waals surface area (Å²) in [5.74, 6) is -0.396. The Hall–Kier alpha value is -0.790. The molecule has 1 fully saturated rings. The second-order valence-electron chi connectivity index (χ2n) is 3.94.